The Morgan fingerprint density at radius 1 is 0.818 bits per heavy atom. The molecule has 0 heterocycles. The van der Waals surface area contributed by atoms with Crippen LogP contribution in [0.25, 0.3) is 6.08 Å². The van der Waals surface area contributed by atoms with E-state index in [1.807, 2.05) is 0 Å². The van der Waals surface area contributed by atoms with E-state index in [1.54, 1.807) is 30.3 Å². The smallest absolute Gasteiger partial charge is 0.335 e. The van der Waals surface area contributed by atoms with Gasteiger partial charge in [-0.05, 0) is 17.7 Å². The van der Waals surface area contributed by atoms with Crippen LogP contribution in [0.2, 0.25) is 0 Å². The summed E-state index contributed by atoms with van der Waals surface area (Å²) in [5, 5.41) is 8.81. The summed E-state index contributed by atoms with van der Waals surface area (Å²) in [6.07, 6.45) is 1.42. The summed E-state index contributed by atoms with van der Waals surface area (Å²) in [6, 6.07) is 12.3. The van der Waals surface area contributed by atoms with Gasteiger partial charge in [0.05, 0.1) is 12.0 Å². The van der Waals surface area contributed by atoms with Crippen LogP contribution in [0.4, 0.5) is 0 Å². The van der Waals surface area contributed by atoms with Gasteiger partial charge >= 0.3 is 5.97 Å². The molecule has 2 rings (SSSR count). The van der Waals surface area contributed by atoms with Gasteiger partial charge in [0.2, 0.25) is 0 Å². The van der Waals surface area contributed by atoms with E-state index in [2.05, 4.69) is 6.58 Å². The number of hydrogen-bond acceptors (Lipinski definition) is 3. The van der Waals surface area contributed by atoms with E-state index >= 15 is 0 Å². The molecule has 2 aromatic rings. The summed E-state index contributed by atoms with van der Waals surface area (Å²) in [7, 11) is 0. The standard InChI is InChI=1S/C18H14O4/c1-2-12-3-5-13(6-4-12)16(19)11-17(20)14-7-9-15(10-8-14)18(21)22/h2-10H,1,11H2,(H,21,22). The van der Waals surface area contributed by atoms with Gasteiger partial charge in [-0.3, -0.25) is 9.59 Å². The van der Waals surface area contributed by atoms with Crippen LogP contribution in [0.15, 0.2) is 55.1 Å². The molecule has 0 fully saturated rings. The van der Waals surface area contributed by atoms with Crippen molar-refractivity contribution in [2.24, 2.45) is 0 Å². The summed E-state index contributed by atoms with van der Waals surface area (Å²) in [6.45, 7) is 3.63. The summed E-state index contributed by atoms with van der Waals surface area (Å²) < 4.78 is 0. The average Bonchev–Trinajstić information content (AvgIpc) is 2.54. The van der Waals surface area contributed by atoms with Gasteiger partial charge in [-0.25, -0.2) is 4.79 Å². The maximum atomic E-state index is 12.1. The molecule has 2 aromatic carbocycles. The van der Waals surface area contributed by atoms with E-state index in [4.69, 9.17) is 5.11 Å². The van der Waals surface area contributed by atoms with Gasteiger partial charge in [-0.1, -0.05) is 49.1 Å². The number of aromatic carboxylic acids is 1. The van der Waals surface area contributed by atoms with Gasteiger partial charge in [0.15, 0.2) is 11.6 Å². The van der Waals surface area contributed by atoms with Gasteiger partial charge in [-0.15, -0.1) is 0 Å². The number of ketones is 2. The van der Waals surface area contributed by atoms with E-state index in [0.717, 1.165) is 5.56 Å². The van der Waals surface area contributed by atoms with Gasteiger partial charge < -0.3 is 5.11 Å². The Morgan fingerprint density at radius 3 is 1.64 bits per heavy atom. The molecule has 0 aliphatic carbocycles. The molecule has 0 radical (unpaired) electrons. The average molecular weight is 294 g/mol. The zero-order valence-corrected chi connectivity index (χ0v) is 11.8. The molecular weight excluding hydrogens is 280 g/mol. The molecule has 1 N–H and O–H groups in total. The fourth-order valence-corrected chi connectivity index (χ4v) is 1.95. The second-order valence-corrected chi connectivity index (χ2v) is 4.73. The molecule has 0 spiro atoms. The Balaban J connectivity index is 2.08. The first kappa shape index (κ1) is 15.4. The summed E-state index contributed by atoms with van der Waals surface area (Å²) in [4.78, 5) is 34.9. The molecule has 0 saturated carbocycles. The minimum Gasteiger partial charge on any atom is -0.478 e. The first-order valence-electron chi connectivity index (χ1n) is 6.63. The number of Topliss-reactive ketones (excluding diaryl/α,β-unsaturated/α-hetero) is 2. The Hall–Kier alpha value is -3.01. The maximum absolute atomic E-state index is 12.1. The minimum absolute atomic E-state index is 0.0999. The molecule has 0 aromatic heterocycles. The number of carboxylic acid groups (broad SMARTS) is 1. The van der Waals surface area contributed by atoms with Crippen LogP contribution < -0.4 is 0 Å². The van der Waals surface area contributed by atoms with Gasteiger partial charge in [0, 0.05) is 11.1 Å². The lowest BCUT2D eigenvalue weighted by Crippen LogP contribution is -2.09. The second-order valence-electron chi connectivity index (χ2n) is 4.73. The minimum atomic E-state index is -1.06. The first-order valence-corrected chi connectivity index (χ1v) is 6.63. The topological polar surface area (TPSA) is 71.4 Å². The van der Waals surface area contributed by atoms with Crippen LogP contribution in [0.3, 0.4) is 0 Å². The fraction of sp³-hybridized carbons (Fsp3) is 0.0556. The Labute approximate surface area is 127 Å². The van der Waals surface area contributed by atoms with E-state index in [1.165, 1.54) is 24.3 Å². The second kappa shape index (κ2) is 6.63. The molecule has 4 nitrogen and oxygen atoms in total. The van der Waals surface area contributed by atoms with E-state index in [0.29, 0.717) is 11.1 Å². The highest BCUT2D eigenvalue weighted by atomic mass is 16.4. The van der Waals surface area contributed by atoms with Crippen molar-refractivity contribution in [3.05, 3.63) is 77.4 Å². The summed E-state index contributed by atoms with van der Waals surface area (Å²) in [5.41, 5.74) is 1.78. The zero-order valence-electron chi connectivity index (χ0n) is 11.8. The number of carbonyl (C=O) groups is 3. The Morgan fingerprint density at radius 2 is 1.23 bits per heavy atom. The van der Waals surface area contributed by atoms with Gasteiger partial charge in [0.1, 0.15) is 0 Å². The van der Waals surface area contributed by atoms with Crippen LogP contribution >= 0.6 is 0 Å². The Bertz CT molecular complexity index is 725. The monoisotopic (exact) mass is 294 g/mol. The van der Waals surface area contributed by atoms with Crippen molar-refractivity contribution >= 4 is 23.6 Å². The van der Waals surface area contributed by atoms with Crippen LogP contribution in [0.5, 0.6) is 0 Å². The SMILES string of the molecule is C=Cc1ccc(C(=O)CC(=O)c2ccc(C(=O)O)cc2)cc1. The molecule has 0 saturated heterocycles. The lowest BCUT2D eigenvalue weighted by Gasteiger charge is -2.03. The molecule has 0 aliphatic rings. The highest BCUT2D eigenvalue weighted by Crippen LogP contribution is 2.12. The predicted octanol–water partition coefficient (Wildman–Crippen LogP) is 3.48. The molecule has 0 aliphatic heterocycles. The predicted molar refractivity (Wildman–Crippen MR) is 83.2 cm³/mol. The van der Waals surface area contributed by atoms with E-state index in [-0.39, 0.29) is 23.6 Å². The number of hydrogen-bond donors (Lipinski definition) is 1. The third-order valence-electron chi connectivity index (χ3n) is 3.24. The number of carboxylic acids is 1. The molecule has 22 heavy (non-hydrogen) atoms. The van der Waals surface area contributed by atoms with Crippen molar-refractivity contribution in [1.82, 2.24) is 0 Å². The van der Waals surface area contributed by atoms with Crippen molar-refractivity contribution < 1.29 is 19.5 Å². The highest BCUT2D eigenvalue weighted by molar-refractivity contribution is 6.13. The Kier molecular flexibility index (Phi) is 4.63. The van der Waals surface area contributed by atoms with Crippen LogP contribution in [-0.2, 0) is 0 Å². The van der Waals surface area contributed by atoms with Crippen molar-refractivity contribution in [3.8, 4) is 0 Å². The number of benzene rings is 2. The molecule has 0 unspecified atom stereocenters. The van der Waals surface area contributed by atoms with Crippen molar-refractivity contribution in [3.63, 3.8) is 0 Å². The zero-order chi connectivity index (χ0) is 16.1. The van der Waals surface area contributed by atoms with Crippen molar-refractivity contribution in [1.29, 1.82) is 0 Å². The van der Waals surface area contributed by atoms with Crippen molar-refractivity contribution in [2.75, 3.05) is 0 Å². The summed E-state index contributed by atoms with van der Waals surface area (Å²) in [5.74, 6) is -1.67. The van der Waals surface area contributed by atoms with Crippen LogP contribution in [0, 0.1) is 0 Å². The van der Waals surface area contributed by atoms with E-state index in [9.17, 15) is 14.4 Å². The third kappa shape index (κ3) is 3.55. The molecule has 110 valence electrons. The number of carbonyl (C=O) groups excluding carboxylic acids is 2. The third-order valence-corrected chi connectivity index (χ3v) is 3.24. The van der Waals surface area contributed by atoms with Crippen molar-refractivity contribution in [2.45, 2.75) is 6.42 Å². The highest BCUT2D eigenvalue weighted by Gasteiger charge is 2.14. The van der Waals surface area contributed by atoms with Gasteiger partial charge in [-0.2, -0.15) is 0 Å². The first-order chi connectivity index (χ1) is 10.5. The molecule has 0 amide bonds. The van der Waals surface area contributed by atoms with Gasteiger partial charge in [0.25, 0.3) is 0 Å². The quantitative estimate of drug-likeness (QED) is 0.654. The van der Waals surface area contributed by atoms with Crippen LogP contribution in [-0.4, -0.2) is 22.6 Å². The summed E-state index contributed by atoms with van der Waals surface area (Å²) >= 11 is 0. The maximum Gasteiger partial charge on any atom is 0.335 e. The molecule has 4 heteroatoms. The lowest BCUT2D eigenvalue weighted by molar-refractivity contribution is 0.0695. The molecular formula is C18H14O4. The number of rotatable bonds is 6. The van der Waals surface area contributed by atoms with E-state index < -0.39 is 5.97 Å². The van der Waals surface area contributed by atoms with Crippen LogP contribution in [0.1, 0.15) is 43.1 Å². The molecule has 0 bridgehead atoms. The fourth-order valence-electron chi connectivity index (χ4n) is 1.95. The largest absolute Gasteiger partial charge is 0.478 e. The molecule has 0 atom stereocenters. The normalized spacial score (nSPS) is 10.0. The lowest BCUT2D eigenvalue weighted by atomic mass is 10.00.